The highest BCUT2D eigenvalue weighted by Crippen LogP contribution is 2.20. The standard InChI is InChI=1S/C14H19N3O3/c1-14(2,10-15)6-3-7-20-13(19)9-17-8-11(16)4-5-12(17)18/h4-5,8H,3,6-7,9,16H2,1-2H3. The zero-order valence-electron chi connectivity index (χ0n) is 11.8. The van der Waals surface area contributed by atoms with Gasteiger partial charge in [0.1, 0.15) is 6.54 Å². The topological polar surface area (TPSA) is 98.1 Å². The lowest BCUT2D eigenvalue weighted by molar-refractivity contribution is -0.144. The second-order valence-electron chi connectivity index (χ2n) is 5.25. The number of nitrogens with two attached hydrogens (primary N) is 1. The minimum Gasteiger partial charge on any atom is -0.464 e. The van der Waals surface area contributed by atoms with E-state index in [9.17, 15) is 9.59 Å². The van der Waals surface area contributed by atoms with Crippen LogP contribution in [0.15, 0.2) is 23.1 Å². The van der Waals surface area contributed by atoms with Gasteiger partial charge < -0.3 is 15.0 Å². The molecule has 0 spiro atoms. The second-order valence-corrected chi connectivity index (χ2v) is 5.25. The number of rotatable bonds is 6. The van der Waals surface area contributed by atoms with Crippen LogP contribution in [0.2, 0.25) is 0 Å². The molecule has 0 amide bonds. The van der Waals surface area contributed by atoms with Gasteiger partial charge in [-0.2, -0.15) is 5.26 Å². The van der Waals surface area contributed by atoms with Crippen LogP contribution >= 0.6 is 0 Å². The van der Waals surface area contributed by atoms with E-state index in [2.05, 4.69) is 6.07 Å². The van der Waals surface area contributed by atoms with Crippen molar-refractivity contribution in [3.63, 3.8) is 0 Å². The Morgan fingerprint density at radius 2 is 2.20 bits per heavy atom. The summed E-state index contributed by atoms with van der Waals surface area (Å²) in [6.07, 6.45) is 2.66. The van der Waals surface area contributed by atoms with Crippen LogP contribution in [0.3, 0.4) is 0 Å². The van der Waals surface area contributed by atoms with Gasteiger partial charge in [0.05, 0.1) is 18.1 Å². The Morgan fingerprint density at radius 1 is 1.50 bits per heavy atom. The summed E-state index contributed by atoms with van der Waals surface area (Å²) in [4.78, 5) is 23.1. The van der Waals surface area contributed by atoms with Crippen LogP contribution in [-0.2, 0) is 16.1 Å². The number of anilines is 1. The Kier molecular flexibility index (Phi) is 5.32. The summed E-state index contributed by atoms with van der Waals surface area (Å²) in [5.74, 6) is -0.493. The number of hydrogen-bond donors (Lipinski definition) is 1. The highest BCUT2D eigenvalue weighted by molar-refractivity contribution is 5.69. The number of ether oxygens (including phenoxy) is 1. The number of pyridine rings is 1. The van der Waals surface area contributed by atoms with Crippen LogP contribution in [0.25, 0.3) is 0 Å². The van der Waals surface area contributed by atoms with E-state index in [1.165, 1.54) is 22.9 Å². The summed E-state index contributed by atoms with van der Waals surface area (Å²) in [6, 6.07) is 4.97. The van der Waals surface area contributed by atoms with Gasteiger partial charge in [-0.25, -0.2) is 0 Å². The van der Waals surface area contributed by atoms with Gasteiger partial charge >= 0.3 is 5.97 Å². The average molecular weight is 277 g/mol. The van der Waals surface area contributed by atoms with Gasteiger partial charge in [0, 0.05) is 18.0 Å². The Hall–Kier alpha value is -2.29. The maximum absolute atomic E-state index is 11.6. The SMILES string of the molecule is CC(C)(C#N)CCCOC(=O)Cn1cc(N)ccc1=O. The Balaban J connectivity index is 2.40. The molecule has 0 fully saturated rings. The molecule has 108 valence electrons. The molecule has 1 rings (SSSR count). The molecule has 2 N–H and O–H groups in total. The third-order valence-corrected chi connectivity index (χ3v) is 2.82. The number of esters is 1. The molecule has 0 saturated heterocycles. The Bertz CT molecular complexity index is 570. The fourth-order valence-electron chi connectivity index (χ4n) is 1.61. The lowest BCUT2D eigenvalue weighted by Crippen LogP contribution is -2.25. The van der Waals surface area contributed by atoms with Crippen LogP contribution in [0.5, 0.6) is 0 Å². The molecule has 1 aromatic heterocycles. The number of carbonyl (C=O) groups excluding carboxylic acids is 1. The first-order valence-corrected chi connectivity index (χ1v) is 6.37. The van der Waals surface area contributed by atoms with Crippen molar-refractivity contribution >= 4 is 11.7 Å². The third kappa shape index (κ3) is 5.14. The summed E-state index contributed by atoms with van der Waals surface area (Å²) in [5, 5.41) is 8.85. The maximum atomic E-state index is 11.6. The fraction of sp³-hybridized carbons (Fsp3) is 0.500. The van der Waals surface area contributed by atoms with Gasteiger partial charge in [-0.05, 0) is 32.8 Å². The number of nitriles is 1. The predicted molar refractivity (Wildman–Crippen MR) is 74.7 cm³/mol. The van der Waals surface area contributed by atoms with Crippen LogP contribution in [0, 0.1) is 16.7 Å². The molecule has 1 heterocycles. The van der Waals surface area contributed by atoms with Crippen molar-refractivity contribution in [1.82, 2.24) is 4.57 Å². The van der Waals surface area contributed by atoms with Crippen LogP contribution in [0.4, 0.5) is 5.69 Å². The molecule has 0 atom stereocenters. The molecule has 0 saturated carbocycles. The molecular formula is C14H19N3O3. The maximum Gasteiger partial charge on any atom is 0.326 e. The molecule has 1 aromatic rings. The molecule has 0 aliphatic heterocycles. The first-order chi connectivity index (χ1) is 9.34. The number of nitrogens with zero attached hydrogens (tertiary/aromatic N) is 2. The van der Waals surface area contributed by atoms with Crippen LogP contribution < -0.4 is 11.3 Å². The predicted octanol–water partition coefficient (Wildman–Crippen LogP) is 1.30. The van der Waals surface area contributed by atoms with Crippen molar-refractivity contribution in [2.24, 2.45) is 5.41 Å². The minimum absolute atomic E-state index is 0.161. The summed E-state index contributed by atoms with van der Waals surface area (Å²) in [6.45, 7) is 3.74. The zero-order chi connectivity index (χ0) is 15.2. The van der Waals surface area contributed by atoms with Crippen molar-refractivity contribution in [3.05, 3.63) is 28.7 Å². The van der Waals surface area contributed by atoms with Crippen molar-refractivity contribution in [2.45, 2.75) is 33.2 Å². The van der Waals surface area contributed by atoms with E-state index in [0.29, 0.717) is 18.5 Å². The molecule has 0 bridgehead atoms. The van der Waals surface area contributed by atoms with Crippen molar-refractivity contribution < 1.29 is 9.53 Å². The quantitative estimate of drug-likeness (QED) is 0.624. The van der Waals surface area contributed by atoms with Crippen LogP contribution in [-0.4, -0.2) is 17.1 Å². The number of hydrogen-bond acceptors (Lipinski definition) is 5. The second kappa shape index (κ2) is 6.75. The van der Waals surface area contributed by atoms with E-state index in [0.717, 1.165) is 0 Å². The number of carbonyl (C=O) groups is 1. The summed E-state index contributed by atoms with van der Waals surface area (Å²) in [7, 11) is 0. The molecule has 6 nitrogen and oxygen atoms in total. The van der Waals surface area contributed by atoms with Gasteiger partial charge in [0.2, 0.25) is 0 Å². The van der Waals surface area contributed by atoms with Crippen molar-refractivity contribution in [1.29, 1.82) is 5.26 Å². The lowest BCUT2D eigenvalue weighted by Gasteiger charge is -2.14. The normalized spacial score (nSPS) is 10.8. The number of nitrogen functional groups attached to an aromatic ring is 1. The van der Waals surface area contributed by atoms with E-state index in [1.54, 1.807) is 0 Å². The average Bonchev–Trinajstić information content (AvgIpc) is 2.39. The third-order valence-electron chi connectivity index (χ3n) is 2.82. The van der Waals surface area contributed by atoms with Gasteiger partial charge in [0.25, 0.3) is 5.56 Å². The first-order valence-electron chi connectivity index (χ1n) is 6.37. The van der Waals surface area contributed by atoms with E-state index in [1.807, 2.05) is 13.8 Å². The lowest BCUT2D eigenvalue weighted by atomic mass is 9.90. The number of aromatic nitrogens is 1. The smallest absolute Gasteiger partial charge is 0.326 e. The van der Waals surface area contributed by atoms with Gasteiger partial charge in [-0.1, -0.05) is 0 Å². The monoisotopic (exact) mass is 277 g/mol. The molecule has 6 heteroatoms. The van der Waals surface area contributed by atoms with E-state index < -0.39 is 11.4 Å². The van der Waals surface area contributed by atoms with Crippen molar-refractivity contribution in [2.75, 3.05) is 12.3 Å². The summed E-state index contributed by atoms with van der Waals surface area (Å²) in [5.41, 5.74) is 5.23. The summed E-state index contributed by atoms with van der Waals surface area (Å²) >= 11 is 0. The molecule has 0 aliphatic carbocycles. The largest absolute Gasteiger partial charge is 0.464 e. The molecular weight excluding hydrogens is 258 g/mol. The van der Waals surface area contributed by atoms with E-state index in [-0.39, 0.29) is 18.7 Å². The highest BCUT2D eigenvalue weighted by atomic mass is 16.5. The van der Waals surface area contributed by atoms with Gasteiger partial charge in [-0.3, -0.25) is 9.59 Å². The molecule has 0 aliphatic rings. The molecule has 20 heavy (non-hydrogen) atoms. The first kappa shape index (κ1) is 15.8. The summed E-state index contributed by atoms with van der Waals surface area (Å²) < 4.78 is 6.24. The van der Waals surface area contributed by atoms with Gasteiger partial charge in [0.15, 0.2) is 0 Å². The van der Waals surface area contributed by atoms with Gasteiger partial charge in [-0.15, -0.1) is 0 Å². The highest BCUT2D eigenvalue weighted by Gasteiger charge is 2.16. The molecule has 0 unspecified atom stereocenters. The zero-order valence-corrected chi connectivity index (χ0v) is 11.8. The van der Waals surface area contributed by atoms with E-state index in [4.69, 9.17) is 15.7 Å². The van der Waals surface area contributed by atoms with Crippen molar-refractivity contribution in [3.8, 4) is 6.07 Å². The van der Waals surface area contributed by atoms with E-state index >= 15 is 0 Å². The molecule has 0 aromatic carbocycles. The Labute approximate surface area is 117 Å². The van der Waals surface area contributed by atoms with Crippen LogP contribution in [0.1, 0.15) is 26.7 Å². The fourth-order valence-corrected chi connectivity index (χ4v) is 1.61. The Morgan fingerprint density at radius 3 is 2.85 bits per heavy atom. The minimum atomic E-state index is -0.493. The molecule has 0 radical (unpaired) electrons.